The number of allylic oxidation sites excluding steroid dienone is 2. The minimum Gasteiger partial charge on any atom is -0.490 e. The zero-order valence-corrected chi connectivity index (χ0v) is 11.2. The summed E-state index contributed by atoms with van der Waals surface area (Å²) in [5, 5.41) is 2.05. The van der Waals surface area contributed by atoms with Crippen LogP contribution < -0.4 is 5.73 Å². The van der Waals surface area contributed by atoms with Crippen LogP contribution in [0, 0.1) is 5.92 Å². The zero-order valence-electron chi connectivity index (χ0n) is 11.2. The van der Waals surface area contributed by atoms with Gasteiger partial charge in [-0.2, -0.15) is 0 Å². The lowest BCUT2D eigenvalue weighted by atomic mass is 9.93. The van der Waals surface area contributed by atoms with Gasteiger partial charge in [0, 0.05) is 5.54 Å². The first-order valence-corrected chi connectivity index (χ1v) is 5.79. The first-order chi connectivity index (χ1) is 8.23. The molecule has 2 N–H and O–H groups in total. The molecule has 0 amide bonds. The van der Waals surface area contributed by atoms with E-state index in [1.54, 1.807) is 6.92 Å². The van der Waals surface area contributed by atoms with E-state index in [9.17, 15) is 13.3 Å². The Balaban J connectivity index is 4.59. The van der Waals surface area contributed by atoms with Crippen LogP contribution in [0.25, 0.3) is 0 Å². The Bertz CT molecular complexity index is 312. The van der Waals surface area contributed by atoms with Gasteiger partial charge < -0.3 is 10.5 Å². The van der Waals surface area contributed by atoms with Crippen LogP contribution in [0.4, 0.5) is 13.3 Å². The van der Waals surface area contributed by atoms with Gasteiger partial charge in [-0.15, -0.1) is 0 Å². The van der Waals surface area contributed by atoms with E-state index in [0.717, 1.165) is 0 Å². The molecule has 3 nitrogen and oxygen atoms in total. The molecule has 0 saturated carbocycles. The van der Waals surface area contributed by atoms with Gasteiger partial charge in [0.1, 0.15) is 12.4 Å². The van der Waals surface area contributed by atoms with Crippen molar-refractivity contribution in [3.05, 3.63) is 11.8 Å². The van der Waals surface area contributed by atoms with Crippen molar-refractivity contribution in [2.24, 2.45) is 16.9 Å². The Labute approximate surface area is 106 Å². The van der Waals surface area contributed by atoms with Crippen molar-refractivity contribution in [1.29, 1.82) is 0 Å². The Morgan fingerprint density at radius 3 is 2.33 bits per heavy atom. The molecule has 0 aromatic heterocycles. The third-order valence-electron chi connectivity index (χ3n) is 2.24. The molecule has 0 heterocycles. The summed E-state index contributed by atoms with van der Waals surface area (Å²) in [4.78, 5) is 0. The van der Waals surface area contributed by atoms with Crippen LogP contribution >= 0.6 is 0 Å². The highest BCUT2D eigenvalue weighted by Crippen LogP contribution is 2.17. The third-order valence-corrected chi connectivity index (χ3v) is 2.24. The minimum absolute atomic E-state index is 0.0244. The summed E-state index contributed by atoms with van der Waals surface area (Å²) in [7, 11) is 0. The van der Waals surface area contributed by atoms with E-state index in [0.29, 0.717) is 12.3 Å². The molecular weight excluding hydrogens is 245 g/mol. The molecule has 0 saturated heterocycles. The second-order valence-electron chi connectivity index (χ2n) is 4.96. The van der Waals surface area contributed by atoms with E-state index in [1.807, 2.05) is 13.8 Å². The number of alkyl halides is 2. The summed E-state index contributed by atoms with van der Waals surface area (Å²) in [5.74, 6) is 0.0787. The van der Waals surface area contributed by atoms with Crippen molar-refractivity contribution < 1.29 is 18.0 Å². The average Bonchev–Trinajstić information content (AvgIpc) is 2.21. The van der Waals surface area contributed by atoms with Gasteiger partial charge in [-0.3, -0.25) is 0 Å². The molecule has 0 aromatic rings. The molecule has 1 atom stereocenters. The monoisotopic (exact) mass is 266 g/mol. The fourth-order valence-electron chi connectivity index (χ4n) is 1.73. The van der Waals surface area contributed by atoms with Crippen LogP contribution in [0.3, 0.4) is 0 Å². The molecule has 0 rings (SSSR count). The number of hydrogen-bond acceptors (Lipinski definition) is 3. The molecule has 0 aromatic carbocycles. The number of ether oxygens (including phenoxy) is 1. The highest BCUT2D eigenvalue weighted by molar-refractivity contribution is 6.00. The van der Waals surface area contributed by atoms with Crippen molar-refractivity contribution in [1.82, 2.24) is 0 Å². The van der Waals surface area contributed by atoms with Crippen LogP contribution in [0.5, 0.6) is 0 Å². The molecular formula is C12H21F3N2O. The molecule has 106 valence electrons. The maximum atomic E-state index is 12.4. The Kier molecular flexibility index (Phi) is 6.98. The van der Waals surface area contributed by atoms with E-state index < -0.39 is 17.7 Å². The molecule has 0 unspecified atom stereocenters. The molecule has 0 radical (unpaired) electrons. The van der Waals surface area contributed by atoms with Crippen LogP contribution in [0.1, 0.15) is 34.1 Å². The van der Waals surface area contributed by atoms with Gasteiger partial charge in [0.25, 0.3) is 6.43 Å². The number of nitrogens with zero attached hydrogens (tertiary/aromatic N) is 1. The fraction of sp³-hybridized carbons (Fsp3) is 0.750. The summed E-state index contributed by atoms with van der Waals surface area (Å²) in [6.45, 7) is 7.25. The van der Waals surface area contributed by atoms with Gasteiger partial charge in [0.05, 0.1) is 0 Å². The van der Waals surface area contributed by atoms with Crippen molar-refractivity contribution in [2.75, 3.05) is 6.61 Å². The predicted octanol–water partition coefficient (Wildman–Crippen LogP) is 3.26. The Hall–Kier alpha value is -1.04. The minimum atomic E-state index is -3.02. The van der Waals surface area contributed by atoms with E-state index in [2.05, 4.69) is 5.21 Å². The molecule has 0 bridgehead atoms. The summed E-state index contributed by atoms with van der Waals surface area (Å²) in [6, 6.07) is 0. The quantitative estimate of drug-likeness (QED) is 0.568. The predicted molar refractivity (Wildman–Crippen MR) is 66.3 cm³/mol. The molecule has 0 aliphatic rings. The van der Waals surface area contributed by atoms with Gasteiger partial charge in [-0.1, -0.05) is 23.5 Å². The van der Waals surface area contributed by atoms with Crippen molar-refractivity contribution in [3.63, 3.8) is 0 Å². The van der Waals surface area contributed by atoms with Crippen molar-refractivity contribution in [2.45, 2.75) is 46.1 Å². The number of halogens is 3. The maximum Gasteiger partial charge on any atom is 0.286 e. The van der Waals surface area contributed by atoms with Crippen LogP contribution in [-0.2, 0) is 4.74 Å². The lowest BCUT2D eigenvalue weighted by molar-refractivity contribution is 0.142. The van der Waals surface area contributed by atoms with Gasteiger partial charge in [0.15, 0.2) is 5.71 Å². The number of nitrogens with two attached hydrogens (primary N) is 1. The average molecular weight is 266 g/mol. The van der Waals surface area contributed by atoms with E-state index in [1.165, 1.54) is 13.0 Å². The molecule has 0 aliphatic carbocycles. The third kappa shape index (κ3) is 6.05. The van der Waals surface area contributed by atoms with Crippen LogP contribution in [0.15, 0.2) is 17.0 Å². The largest absolute Gasteiger partial charge is 0.490 e. The maximum absolute atomic E-state index is 12.4. The van der Waals surface area contributed by atoms with Gasteiger partial charge in [0.2, 0.25) is 0 Å². The van der Waals surface area contributed by atoms with Gasteiger partial charge in [-0.05, 0) is 32.3 Å². The summed E-state index contributed by atoms with van der Waals surface area (Å²) >= 11 is 0. The van der Waals surface area contributed by atoms with Crippen LogP contribution in [-0.4, -0.2) is 24.3 Å². The first kappa shape index (κ1) is 17.0. The van der Waals surface area contributed by atoms with Gasteiger partial charge >= 0.3 is 0 Å². The smallest absolute Gasteiger partial charge is 0.286 e. The molecule has 0 spiro atoms. The van der Waals surface area contributed by atoms with E-state index in [4.69, 9.17) is 10.5 Å². The highest BCUT2D eigenvalue weighted by Gasteiger charge is 2.25. The highest BCUT2D eigenvalue weighted by atomic mass is 19.3. The number of hydrogen-bond donors (Lipinski definition) is 1. The topological polar surface area (TPSA) is 47.6 Å². The molecule has 18 heavy (non-hydrogen) atoms. The van der Waals surface area contributed by atoms with E-state index >= 15 is 0 Å². The van der Waals surface area contributed by atoms with Crippen LogP contribution in [0.2, 0.25) is 0 Å². The lowest BCUT2D eigenvalue weighted by Crippen LogP contribution is -2.42. The summed E-state index contributed by atoms with van der Waals surface area (Å²) < 4.78 is 42.2. The second-order valence-corrected chi connectivity index (χ2v) is 4.96. The standard InChI is InChI=1S/C12H21F3N2O/c1-5-9(10(17-15)11(13)14)18-7-12(4,16)6-8(2)3/h5,8,11H,6-7,16H2,1-4H3/b9-5+,17-10+/t12-/m0/s1. The Morgan fingerprint density at radius 2 is 2.00 bits per heavy atom. The molecule has 0 aliphatic heterocycles. The summed E-state index contributed by atoms with van der Waals surface area (Å²) in [6.07, 6.45) is -1.10. The van der Waals surface area contributed by atoms with Crippen molar-refractivity contribution in [3.8, 4) is 0 Å². The molecule has 0 fully saturated rings. The fourth-order valence-corrected chi connectivity index (χ4v) is 1.73. The zero-order chi connectivity index (χ0) is 14.3. The molecule has 6 heteroatoms. The lowest BCUT2D eigenvalue weighted by Gasteiger charge is -2.27. The van der Waals surface area contributed by atoms with Crippen molar-refractivity contribution >= 4 is 5.71 Å². The van der Waals surface area contributed by atoms with E-state index in [-0.39, 0.29) is 12.4 Å². The first-order valence-electron chi connectivity index (χ1n) is 5.79. The normalized spacial score (nSPS) is 17.2. The Morgan fingerprint density at radius 1 is 1.44 bits per heavy atom. The summed E-state index contributed by atoms with van der Waals surface area (Å²) in [5.41, 5.74) is 4.30. The van der Waals surface area contributed by atoms with Gasteiger partial charge in [-0.25, -0.2) is 8.78 Å². The SMILES string of the molecule is C/C=C(OC[C@@](C)(N)CC(C)C)\C(=N/F)C(F)F. The second kappa shape index (κ2) is 7.41. The number of rotatable bonds is 7.